The summed E-state index contributed by atoms with van der Waals surface area (Å²) in [5.74, 6) is 0. The fraction of sp³-hybridized carbons (Fsp3) is 0.400. The van der Waals surface area contributed by atoms with Crippen LogP contribution >= 0.6 is 15.9 Å². The first-order valence-electron chi connectivity index (χ1n) is 5.08. The number of halogens is 1. The molecule has 0 unspecified atom stereocenters. The minimum absolute atomic E-state index is 0.432. The van der Waals surface area contributed by atoms with Crippen LogP contribution in [-0.4, -0.2) is 32.4 Å². The maximum Gasteiger partial charge on any atom is 0.279 e. The molecular formula is C10H13BrN2O2S. The SMILES string of the molecule is O=S(=O)(NCCc1ccccc1Br)N1CC1. The molecule has 1 aliphatic rings. The van der Waals surface area contributed by atoms with Crippen LogP contribution in [0.5, 0.6) is 0 Å². The van der Waals surface area contributed by atoms with Crippen molar-refractivity contribution >= 4 is 26.1 Å². The van der Waals surface area contributed by atoms with Gasteiger partial charge >= 0.3 is 0 Å². The van der Waals surface area contributed by atoms with E-state index in [0.29, 0.717) is 26.1 Å². The van der Waals surface area contributed by atoms with Crippen molar-refractivity contribution < 1.29 is 8.42 Å². The number of nitrogens with one attached hydrogen (secondary N) is 1. The van der Waals surface area contributed by atoms with Gasteiger partial charge in [0.1, 0.15) is 0 Å². The average Bonchev–Trinajstić information content (AvgIpc) is 3.04. The quantitative estimate of drug-likeness (QED) is 0.830. The Morgan fingerprint density at radius 1 is 1.31 bits per heavy atom. The van der Waals surface area contributed by atoms with E-state index in [-0.39, 0.29) is 0 Å². The summed E-state index contributed by atoms with van der Waals surface area (Å²) in [4.78, 5) is 0. The molecule has 16 heavy (non-hydrogen) atoms. The summed E-state index contributed by atoms with van der Waals surface area (Å²) in [6.45, 7) is 1.72. The van der Waals surface area contributed by atoms with Crippen LogP contribution in [-0.2, 0) is 16.6 Å². The van der Waals surface area contributed by atoms with Crippen LogP contribution in [0.25, 0.3) is 0 Å². The monoisotopic (exact) mass is 304 g/mol. The second-order valence-electron chi connectivity index (χ2n) is 3.64. The number of benzene rings is 1. The lowest BCUT2D eigenvalue weighted by Crippen LogP contribution is -2.31. The first kappa shape index (κ1) is 12.0. The Morgan fingerprint density at radius 2 is 2.00 bits per heavy atom. The second-order valence-corrected chi connectivity index (χ2v) is 6.25. The van der Waals surface area contributed by atoms with Crippen LogP contribution in [0.15, 0.2) is 28.7 Å². The fourth-order valence-corrected chi connectivity index (χ4v) is 2.98. The molecule has 0 bridgehead atoms. The van der Waals surface area contributed by atoms with E-state index >= 15 is 0 Å². The Labute approximate surface area is 104 Å². The lowest BCUT2D eigenvalue weighted by atomic mass is 10.2. The molecule has 1 heterocycles. The minimum atomic E-state index is -3.20. The maximum atomic E-state index is 11.5. The van der Waals surface area contributed by atoms with Gasteiger partial charge in [0, 0.05) is 24.1 Å². The zero-order chi connectivity index (χ0) is 11.6. The summed E-state index contributed by atoms with van der Waals surface area (Å²) in [6.07, 6.45) is 0.689. The van der Waals surface area contributed by atoms with E-state index < -0.39 is 10.2 Å². The molecule has 0 amide bonds. The van der Waals surface area contributed by atoms with Gasteiger partial charge in [0.2, 0.25) is 0 Å². The molecular weight excluding hydrogens is 292 g/mol. The Kier molecular flexibility index (Phi) is 3.63. The summed E-state index contributed by atoms with van der Waals surface area (Å²) in [5, 5.41) is 0. The van der Waals surface area contributed by atoms with Gasteiger partial charge in [-0.15, -0.1) is 0 Å². The first-order chi connectivity index (χ1) is 7.59. The number of hydrogen-bond acceptors (Lipinski definition) is 2. The van der Waals surface area contributed by atoms with Gasteiger partial charge in [-0.2, -0.15) is 12.7 Å². The van der Waals surface area contributed by atoms with Crippen molar-refractivity contribution in [2.24, 2.45) is 0 Å². The highest BCUT2D eigenvalue weighted by molar-refractivity contribution is 9.10. The predicted molar refractivity (Wildman–Crippen MR) is 66.3 cm³/mol. The van der Waals surface area contributed by atoms with Crippen LogP contribution in [0, 0.1) is 0 Å². The third-order valence-electron chi connectivity index (χ3n) is 2.38. The van der Waals surface area contributed by atoms with E-state index in [0.717, 1.165) is 10.0 Å². The minimum Gasteiger partial charge on any atom is -0.202 e. The van der Waals surface area contributed by atoms with Crippen molar-refractivity contribution in [3.8, 4) is 0 Å². The molecule has 1 aliphatic heterocycles. The van der Waals surface area contributed by atoms with Gasteiger partial charge in [-0.3, -0.25) is 0 Å². The van der Waals surface area contributed by atoms with Gasteiger partial charge in [-0.1, -0.05) is 34.1 Å². The van der Waals surface area contributed by atoms with Crippen molar-refractivity contribution in [2.75, 3.05) is 19.6 Å². The van der Waals surface area contributed by atoms with Crippen LogP contribution in [0.4, 0.5) is 0 Å². The summed E-state index contributed by atoms with van der Waals surface area (Å²) < 4.78 is 27.9. The third kappa shape index (κ3) is 3.04. The molecule has 0 atom stereocenters. The number of rotatable bonds is 5. The van der Waals surface area contributed by atoms with Gasteiger partial charge < -0.3 is 0 Å². The highest BCUT2D eigenvalue weighted by Crippen LogP contribution is 2.16. The Morgan fingerprint density at radius 3 is 2.62 bits per heavy atom. The molecule has 1 aromatic carbocycles. The third-order valence-corrected chi connectivity index (χ3v) is 4.77. The van der Waals surface area contributed by atoms with Crippen molar-refractivity contribution in [3.05, 3.63) is 34.3 Å². The molecule has 0 aliphatic carbocycles. The molecule has 1 fully saturated rings. The molecule has 0 radical (unpaired) electrons. The van der Waals surface area contributed by atoms with Crippen molar-refractivity contribution in [3.63, 3.8) is 0 Å². The van der Waals surface area contributed by atoms with Gasteiger partial charge in [0.05, 0.1) is 0 Å². The molecule has 88 valence electrons. The van der Waals surface area contributed by atoms with Crippen molar-refractivity contribution in [1.29, 1.82) is 0 Å². The summed E-state index contributed by atoms with van der Waals surface area (Å²) in [7, 11) is -3.20. The van der Waals surface area contributed by atoms with E-state index in [1.165, 1.54) is 4.31 Å². The fourth-order valence-electron chi connectivity index (χ4n) is 1.39. The molecule has 1 aromatic rings. The van der Waals surface area contributed by atoms with E-state index in [9.17, 15) is 8.42 Å². The summed E-state index contributed by atoms with van der Waals surface area (Å²) in [6, 6.07) is 7.82. The van der Waals surface area contributed by atoms with Gasteiger partial charge in [0.25, 0.3) is 10.2 Å². The molecule has 4 nitrogen and oxygen atoms in total. The van der Waals surface area contributed by atoms with Crippen LogP contribution in [0.2, 0.25) is 0 Å². The maximum absolute atomic E-state index is 11.5. The Bertz CT molecular complexity index is 471. The molecule has 1 saturated heterocycles. The molecule has 0 spiro atoms. The van der Waals surface area contributed by atoms with Crippen LogP contribution in [0.1, 0.15) is 5.56 Å². The van der Waals surface area contributed by atoms with Gasteiger partial charge in [-0.05, 0) is 18.1 Å². The van der Waals surface area contributed by atoms with Crippen LogP contribution in [0.3, 0.4) is 0 Å². The lowest BCUT2D eigenvalue weighted by molar-refractivity contribution is 0.547. The average molecular weight is 305 g/mol. The van der Waals surface area contributed by atoms with E-state index in [4.69, 9.17) is 0 Å². The Balaban J connectivity index is 1.86. The van der Waals surface area contributed by atoms with E-state index in [1.54, 1.807) is 0 Å². The zero-order valence-corrected chi connectivity index (χ0v) is 11.1. The Hall–Kier alpha value is -0.430. The predicted octanol–water partition coefficient (Wildman–Crippen LogP) is 1.14. The van der Waals surface area contributed by atoms with Crippen LogP contribution < -0.4 is 4.72 Å². The summed E-state index contributed by atoms with van der Waals surface area (Å²) in [5.41, 5.74) is 1.11. The van der Waals surface area contributed by atoms with E-state index in [2.05, 4.69) is 20.7 Å². The summed E-state index contributed by atoms with van der Waals surface area (Å²) >= 11 is 3.43. The number of nitrogens with zero attached hydrogens (tertiary/aromatic N) is 1. The molecule has 1 N–H and O–H groups in total. The highest BCUT2D eigenvalue weighted by Gasteiger charge is 2.30. The molecule has 0 aromatic heterocycles. The molecule has 0 saturated carbocycles. The first-order valence-corrected chi connectivity index (χ1v) is 7.31. The van der Waals surface area contributed by atoms with E-state index in [1.807, 2.05) is 24.3 Å². The topological polar surface area (TPSA) is 49.2 Å². The number of hydrogen-bond donors (Lipinski definition) is 1. The standard InChI is InChI=1S/C10H13BrN2O2S/c11-10-4-2-1-3-9(10)5-6-12-16(14,15)13-7-8-13/h1-4,12H,5-8H2. The zero-order valence-electron chi connectivity index (χ0n) is 8.69. The van der Waals surface area contributed by atoms with Gasteiger partial charge in [0.15, 0.2) is 0 Å². The largest absolute Gasteiger partial charge is 0.279 e. The molecule has 2 rings (SSSR count). The second kappa shape index (κ2) is 4.83. The van der Waals surface area contributed by atoms with Crippen molar-refractivity contribution in [1.82, 2.24) is 9.03 Å². The van der Waals surface area contributed by atoms with Gasteiger partial charge in [-0.25, -0.2) is 4.72 Å². The highest BCUT2D eigenvalue weighted by atomic mass is 79.9. The molecule has 6 heteroatoms. The smallest absolute Gasteiger partial charge is 0.202 e. The lowest BCUT2D eigenvalue weighted by Gasteiger charge is -2.07. The van der Waals surface area contributed by atoms with Crippen molar-refractivity contribution in [2.45, 2.75) is 6.42 Å². The normalized spacial score (nSPS) is 16.3.